The summed E-state index contributed by atoms with van der Waals surface area (Å²) in [5, 5.41) is 7.42. The first kappa shape index (κ1) is 22.9. The molecule has 11 heavy (non-hydrogen) atoms. The molecule has 0 amide bonds. The average Bonchev–Trinajstić information content (AvgIpc) is 1.19. The van der Waals surface area contributed by atoms with Crippen molar-refractivity contribution in [1.29, 1.82) is 0 Å². The molecule has 0 unspecified atom stereocenters. The van der Waals surface area contributed by atoms with Gasteiger partial charge in [-0.25, -0.2) is 4.57 Å². The van der Waals surface area contributed by atoms with Gasteiger partial charge in [0.15, 0.2) is 0 Å². The van der Waals surface area contributed by atoms with Gasteiger partial charge in [0.2, 0.25) is 0 Å². The van der Waals surface area contributed by atoms with E-state index < -0.39 is 13.8 Å². The summed E-state index contributed by atoms with van der Waals surface area (Å²) in [6, 6.07) is 0. The fourth-order valence-electron chi connectivity index (χ4n) is 0. The molecule has 0 radical (unpaired) electrons. The normalized spacial score (nSPS) is 7.64. The molecule has 0 saturated heterocycles. The van der Waals surface area contributed by atoms with Gasteiger partial charge in [0.25, 0.3) is 5.97 Å². The van der Waals surface area contributed by atoms with Crippen molar-refractivity contribution in [3.8, 4) is 0 Å². The maximum Gasteiger partial charge on any atom is 1.00 e. The third-order valence-electron chi connectivity index (χ3n) is 0. The molecule has 0 saturated carbocycles. The molecule has 9 heteroatoms. The van der Waals surface area contributed by atoms with Gasteiger partial charge in [-0.3, -0.25) is 4.79 Å². The van der Waals surface area contributed by atoms with E-state index in [1.54, 1.807) is 0 Å². The quantitative estimate of drug-likeness (QED) is 0.231. The van der Waals surface area contributed by atoms with E-state index in [1.165, 1.54) is 0 Å². The van der Waals surface area contributed by atoms with E-state index in [0.717, 1.165) is 6.92 Å². The molecule has 0 bridgehead atoms. The number of carboxylic acid groups (broad SMARTS) is 1. The van der Waals surface area contributed by atoms with Crippen LogP contribution in [0, 0.1) is 0 Å². The Morgan fingerprint density at radius 2 is 1.27 bits per heavy atom. The fourth-order valence-corrected chi connectivity index (χ4v) is 0. The van der Waals surface area contributed by atoms with Crippen molar-refractivity contribution in [1.82, 2.24) is 0 Å². The Hall–Kier alpha value is 1.58. The van der Waals surface area contributed by atoms with Gasteiger partial charge in [-0.15, -0.1) is 0 Å². The number of carbonyl (C=O) groups is 1. The van der Waals surface area contributed by atoms with Crippen molar-refractivity contribution in [3.05, 3.63) is 0 Å². The van der Waals surface area contributed by atoms with Gasteiger partial charge in [-0.1, -0.05) is 0 Å². The molecule has 0 heterocycles. The van der Waals surface area contributed by atoms with Crippen LogP contribution in [-0.4, -0.2) is 25.8 Å². The Bertz CT molecular complexity index is 126. The second kappa shape index (κ2) is 11.6. The third-order valence-corrected chi connectivity index (χ3v) is 0. The predicted molar refractivity (Wildman–Crippen MR) is 29.8 cm³/mol. The molecule has 0 aliphatic carbocycles. The second-order valence-corrected chi connectivity index (χ2v) is 2.06. The molecule has 6 nitrogen and oxygen atoms in total. The van der Waals surface area contributed by atoms with Gasteiger partial charge in [-0.2, -0.15) is 0 Å². The van der Waals surface area contributed by atoms with Crippen LogP contribution in [0.2, 0.25) is 0 Å². The summed E-state index contributed by atoms with van der Waals surface area (Å²) in [7, 11) is -4.64. The molecular formula is C2H9Na2O6P. The Balaban J connectivity index is -0.0000000146. The smallest absolute Gasteiger partial charge is 1.00 e. The minimum Gasteiger partial charge on any atom is -1.00 e. The Kier molecular flexibility index (Phi) is 24.1. The number of phosphoric acid groups is 1. The van der Waals surface area contributed by atoms with E-state index in [-0.39, 0.29) is 62.0 Å². The van der Waals surface area contributed by atoms with Crippen molar-refractivity contribution >= 4 is 13.8 Å². The van der Waals surface area contributed by atoms with Crippen LogP contribution in [-0.2, 0) is 9.36 Å². The number of hydrogen-bond donors (Lipinski definition) is 4. The Morgan fingerprint density at radius 3 is 1.27 bits per heavy atom. The SMILES string of the molecule is CC(=O)O.O=P(O)(O)O.[H-].[H-].[Na+].[Na+]. The van der Waals surface area contributed by atoms with Crippen LogP contribution in [0.4, 0.5) is 0 Å². The summed E-state index contributed by atoms with van der Waals surface area (Å²) in [6.45, 7) is 1.08. The third kappa shape index (κ3) is 426. The van der Waals surface area contributed by atoms with E-state index >= 15 is 0 Å². The van der Waals surface area contributed by atoms with Gasteiger partial charge < -0.3 is 22.6 Å². The van der Waals surface area contributed by atoms with Crippen LogP contribution in [0.5, 0.6) is 0 Å². The van der Waals surface area contributed by atoms with Gasteiger partial charge >= 0.3 is 66.9 Å². The molecule has 4 N–H and O–H groups in total. The first-order valence-electron chi connectivity index (χ1n) is 1.71. The fraction of sp³-hybridized carbons (Fsp3) is 0.500. The maximum absolute atomic E-state index is 9.00. The van der Waals surface area contributed by atoms with Crippen molar-refractivity contribution < 1.29 is 91.1 Å². The zero-order valence-electron chi connectivity index (χ0n) is 8.55. The second-order valence-electron chi connectivity index (χ2n) is 1.03. The number of carboxylic acids is 1. The van der Waals surface area contributed by atoms with Crippen LogP contribution >= 0.6 is 7.82 Å². The van der Waals surface area contributed by atoms with Crippen LogP contribution in [0.15, 0.2) is 0 Å². The standard InChI is InChI=1S/C2H4O2.2Na.H3O4P.2H/c1-2(3)4;;;1-5(2,3)4;;/h1H3,(H,3,4);;;(H3,1,2,3,4);;/q;2*+1;;2*-1. The number of aliphatic carboxylic acids is 1. The van der Waals surface area contributed by atoms with Gasteiger partial charge in [0.05, 0.1) is 0 Å². The molecule has 0 atom stereocenters. The van der Waals surface area contributed by atoms with Crippen molar-refractivity contribution in [3.63, 3.8) is 0 Å². The minimum absolute atomic E-state index is 0. The predicted octanol–water partition coefficient (Wildman–Crippen LogP) is -6.60. The van der Waals surface area contributed by atoms with E-state index in [2.05, 4.69) is 0 Å². The molecular weight excluding hydrogens is 197 g/mol. The minimum atomic E-state index is -4.64. The van der Waals surface area contributed by atoms with E-state index in [9.17, 15) is 0 Å². The summed E-state index contributed by atoms with van der Waals surface area (Å²) >= 11 is 0. The van der Waals surface area contributed by atoms with Crippen molar-refractivity contribution in [2.24, 2.45) is 0 Å². The summed E-state index contributed by atoms with van der Waals surface area (Å²) in [5.41, 5.74) is 0. The molecule has 0 rings (SSSR count). The van der Waals surface area contributed by atoms with E-state index in [4.69, 9.17) is 29.1 Å². The topological polar surface area (TPSA) is 115 Å². The molecule has 0 aromatic carbocycles. The average molecular weight is 206 g/mol. The van der Waals surface area contributed by atoms with Crippen LogP contribution < -0.4 is 59.1 Å². The number of hydrogen-bond acceptors (Lipinski definition) is 2. The molecule has 0 aromatic rings. The largest absolute Gasteiger partial charge is 1.00 e. The zero-order chi connectivity index (χ0) is 8.08. The summed E-state index contributed by atoms with van der Waals surface area (Å²) < 4.78 is 8.88. The molecule has 0 spiro atoms. The van der Waals surface area contributed by atoms with E-state index in [0.29, 0.717) is 0 Å². The maximum atomic E-state index is 9.00. The monoisotopic (exact) mass is 206 g/mol. The molecule has 0 aromatic heterocycles. The molecule has 0 fully saturated rings. The van der Waals surface area contributed by atoms with Crippen LogP contribution in [0.1, 0.15) is 9.78 Å². The van der Waals surface area contributed by atoms with Crippen LogP contribution in [0.3, 0.4) is 0 Å². The molecule has 0 aliphatic rings. The summed E-state index contributed by atoms with van der Waals surface area (Å²) in [4.78, 5) is 30.6. The van der Waals surface area contributed by atoms with Gasteiger partial charge in [0.1, 0.15) is 0 Å². The van der Waals surface area contributed by atoms with E-state index in [1.807, 2.05) is 0 Å². The Morgan fingerprint density at radius 1 is 1.27 bits per heavy atom. The van der Waals surface area contributed by atoms with Gasteiger partial charge in [0, 0.05) is 6.92 Å². The molecule has 0 aliphatic heterocycles. The Labute approximate surface area is 111 Å². The van der Waals surface area contributed by atoms with Gasteiger partial charge in [-0.05, 0) is 0 Å². The zero-order valence-corrected chi connectivity index (χ0v) is 11.4. The molecule has 60 valence electrons. The van der Waals surface area contributed by atoms with Crippen molar-refractivity contribution in [2.45, 2.75) is 6.92 Å². The summed E-state index contributed by atoms with van der Waals surface area (Å²) in [5.74, 6) is -0.833. The first-order valence-corrected chi connectivity index (χ1v) is 3.28. The first-order chi connectivity index (χ1) is 3.73. The summed E-state index contributed by atoms with van der Waals surface area (Å²) in [6.07, 6.45) is 0. The van der Waals surface area contributed by atoms with Crippen molar-refractivity contribution in [2.75, 3.05) is 0 Å². The number of rotatable bonds is 0. The van der Waals surface area contributed by atoms with Crippen LogP contribution in [0.25, 0.3) is 0 Å².